The molecule has 1 aromatic rings. The van der Waals surface area contributed by atoms with Crippen LogP contribution in [-0.2, 0) is 0 Å². The van der Waals surface area contributed by atoms with Crippen LogP contribution in [0.5, 0.6) is 0 Å². The van der Waals surface area contributed by atoms with Crippen molar-refractivity contribution in [3.63, 3.8) is 0 Å². The maximum atomic E-state index is 5.96. The third-order valence-corrected chi connectivity index (χ3v) is 2.73. The molecular formula is C9H15NS. The zero-order valence-corrected chi connectivity index (χ0v) is 8.11. The van der Waals surface area contributed by atoms with Gasteiger partial charge in [0.2, 0.25) is 0 Å². The van der Waals surface area contributed by atoms with Crippen molar-refractivity contribution in [2.24, 2.45) is 11.7 Å². The maximum absolute atomic E-state index is 5.96. The first-order valence-corrected chi connectivity index (χ1v) is 4.80. The predicted octanol–water partition coefficient (Wildman–Crippen LogP) is 2.71. The van der Waals surface area contributed by atoms with Gasteiger partial charge in [-0.3, -0.25) is 0 Å². The monoisotopic (exact) mass is 169 g/mol. The third-order valence-electron chi connectivity index (χ3n) is 1.85. The first-order chi connectivity index (χ1) is 5.11. The topological polar surface area (TPSA) is 26.0 Å². The molecule has 2 heteroatoms. The highest BCUT2D eigenvalue weighted by Gasteiger charge is 2.10. The van der Waals surface area contributed by atoms with Gasteiger partial charge >= 0.3 is 0 Å². The van der Waals surface area contributed by atoms with E-state index in [9.17, 15) is 0 Å². The van der Waals surface area contributed by atoms with Gasteiger partial charge in [0.25, 0.3) is 0 Å². The number of thiophene rings is 1. The molecule has 0 saturated heterocycles. The third kappa shape index (κ3) is 2.04. The quantitative estimate of drug-likeness (QED) is 0.723. The molecule has 0 fully saturated rings. The van der Waals surface area contributed by atoms with Gasteiger partial charge in [-0.05, 0) is 29.9 Å². The summed E-state index contributed by atoms with van der Waals surface area (Å²) >= 11 is 1.77. The van der Waals surface area contributed by atoms with E-state index in [1.807, 2.05) is 0 Å². The van der Waals surface area contributed by atoms with Crippen molar-refractivity contribution in [3.05, 3.63) is 21.9 Å². The molecule has 1 nitrogen and oxygen atoms in total. The summed E-state index contributed by atoms with van der Waals surface area (Å²) in [5.74, 6) is 0.531. The van der Waals surface area contributed by atoms with Gasteiger partial charge in [-0.1, -0.05) is 13.8 Å². The van der Waals surface area contributed by atoms with Gasteiger partial charge in [0.1, 0.15) is 0 Å². The van der Waals surface area contributed by atoms with Crippen LogP contribution in [0.1, 0.15) is 30.3 Å². The molecule has 0 aliphatic rings. The van der Waals surface area contributed by atoms with Crippen LogP contribution in [0, 0.1) is 12.8 Å². The molecule has 0 aromatic carbocycles. The van der Waals surface area contributed by atoms with E-state index < -0.39 is 0 Å². The fourth-order valence-electron chi connectivity index (χ4n) is 1.02. The maximum Gasteiger partial charge on any atom is 0.0326 e. The summed E-state index contributed by atoms with van der Waals surface area (Å²) in [6, 6.07) is 2.38. The standard InChI is InChI=1S/C9H15NS/c1-6(2)9(10)8-4-7(3)11-5-8/h4-6,9H,10H2,1-3H3/t9-/m0/s1. The smallest absolute Gasteiger partial charge is 0.0326 e. The lowest BCUT2D eigenvalue weighted by molar-refractivity contribution is 0.515. The lowest BCUT2D eigenvalue weighted by Gasteiger charge is -2.13. The number of rotatable bonds is 2. The molecule has 0 spiro atoms. The minimum Gasteiger partial charge on any atom is -0.324 e. The molecule has 1 aromatic heterocycles. The van der Waals surface area contributed by atoms with Crippen molar-refractivity contribution in [1.29, 1.82) is 0 Å². The minimum absolute atomic E-state index is 0.208. The van der Waals surface area contributed by atoms with Gasteiger partial charge in [0, 0.05) is 10.9 Å². The van der Waals surface area contributed by atoms with Gasteiger partial charge in [-0.2, -0.15) is 0 Å². The van der Waals surface area contributed by atoms with Crippen LogP contribution in [0.2, 0.25) is 0 Å². The highest BCUT2D eigenvalue weighted by molar-refractivity contribution is 7.10. The van der Waals surface area contributed by atoms with Gasteiger partial charge in [0.05, 0.1) is 0 Å². The molecule has 1 atom stereocenters. The summed E-state index contributed by atoms with van der Waals surface area (Å²) < 4.78 is 0. The number of hydrogen-bond donors (Lipinski definition) is 1. The van der Waals surface area contributed by atoms with Crippen LogP contribution in [0.3, 0.4) is 0 Å². The SMILES string of the molecule is Cc1cc([C@@H](N)C(C)C)cs1. The highest BCUT2D eigenvalue weighted by Crippen LogP contribution is 2.23. The fourth-order valence-corrected chi connectivity index (χ4v) is 1.77. The van der Waals surface area contributed by atoms with Crippen molar-refractivity contribution in [2.45, 2.75) is 26.8 Å². The van der Waals surface area contributed by atoms with Crippen LogP contribution in [0.15, 0.2) is 11.4 Å². The molecule has 0 amide bonds. The first kappa shape index (κ1) is 8.75. The molecule has 11 heavy (non-hydrogen) atoms. The second-order valence-corrected chi connectivity index (χ2v) is 4.38. The molecule has 62 valence electrons. The number of hydrogen-bond acceptors (Lipinski definition) is 2. The Labute approximate surface area is 72.2 Å². The predicted molar refractivity (Wildman–Crippen MR) is 50.8 cm³/mol. The largest absolute Gasteiger partial charge is 0.324 e. The average Bonchev–Trinajstić information content (AvgIpc) is 2.34. The van der Waals surface area contributed by atoms with Crippen molar-refractivity contribution in [2.75, 3.05) is 0 Å². The van der Waals surface area contributed by atoms with Gasteiger partial charge in [0.15, 0.2) is 0 Å². The van der Waals surface area contributed by atoms with E-state index in [1.54, 1.807) is 11.3 Å². The van der Waals surface area contributed by atoms with Crippen LogP contribution in [0.4, 0.5) is 0 Å². The van der Waals surface area contributed by atoms with Crippen LogP contribution in [0.25, 0.3) is 0 Å². The molecule has 0 bridgehead atoms. The molecule has 1 rings (SSSR count). The highest BCUT2D eigenvalue weighted by atomic mass is 32.1. The summed E-state index contributed by atoms with van der Waals surface area (Å²) in [4.78, 5) is 1.34. The summed E-state index contributed by atoms with van der Waals surface area (Å²) in [5.41, 5.74) is 7.24. The number of nitrogens with two attached hydrogens (primary N) is 1. The lowest BCUT2D eigenvalue weighted by Crippen LogP contribution is -2.15. The fraction of sp³-hybridized carbons (Fsp3) is 0.556. The van der Waals surface area contributed by atoms with E-state index in [1.165, 1.54) is 10.4 Å². The Morgan fingerprint density at radius 2 is 2.09 bits per heavy atom. The Bertz CT molecular complexity index is 227. The first-order valence-electron chi connectivity index (χ1n) is 3.92. The Kier molecular flexibility index (Phi) is 2.68. The molecule has 0 aliphatic heterocycles. The van der Waals surface area contributed by atoms with E-state index in [0.29, 0.717) is 5.92 Å². The second kappa shape index (κ2) is 3.37. The molecule has 1 heterocycles. The molecule has 0 saturated carbocycles. The molecule has 0 radical (unpaired) electrons. The van der Waals surface area contributed by atoms with E-state index >= 15 is 0 Å². The second-order valence-electron chi connectivity index (χ2n) is 3.26. The van der Waals surface area contributed by atoms with Gasteiger partial charge < -0.3 is 5.73 Å². The van der Waals surface area contributed by atoms with E-state index in [0.717, 1.165) is 0 Å². The van der Waals surface area contributed by atoms with Crippen molar-refractivity contribution in [3.8, 4) is 0 Å². The lowest BCUT2D eigenvalue weighted by atomic mass is 10.00. The van der Waals surface area contributed by atoms with Crippen LogP contribution in [-0.4, -0.2) is 0 Å². The van der Waals surface area contributed by atoms with Crippen LogP contribution >= 0.6 is 11.3 Å². The summed E-state index contributed by atoms with van der Waals surface area (Å²) in [7, 11) is 0. The van der Waals surface area contributed by atoms with Gasteiger partial charge in [-0.25, -0.2) is 0 Å². The van der Waals surface area contributed by atoms with Crippen LogP contribution < -0.4 is 5.73 Å². The Morgan fingerprint density at radius 1 is 1.45 bits per heavy atom. The summed E-state index contributed by atoms with van der Waals surface area (Å²) in [5, 5.41) is 2.15. The molecule has 0 unspecified atom stereocenters. The van der Waals surface area contributed by atoms with Crippen molar-refractivity contribution in [1.82, 2.24) is 0 Å². The van der Waals surface area contributed by atoms with E-state index in [-0.39, 0.29) is 6.04 Å². The Hall–Kier alpha value is -0.340. The molecule has 0 aliphatic carbocycles. The Morgan fingerprint density at radius 3 is 2.45 bits per heavy atom. The van der Waals surface area contributed by atoms with E-state index in [4.69, 9.17) is 5.73 Å². The van der Waals surface area contributed by atoms with Gasteiger partial charge in [-0.15, -0.1) is 11.3 Å². The summed E-state index contributed by atoms with van der Waals surface area (Å²) in [6.45, 7) is 6.41. The average molecular weight is 169 g/mol. The van der Waals surface area contributed by atoms with E-state index in [2.05, 4.69) is 32.2 Å². The minimum atomic E-state index is 0.208. The van der Waals surface area contributed by atoms with Crippen molar-refractivity contribution >= 4 is 11.3 Å². The normalized spacial score (nSPS) is 13.9. The molecular weight excluding hydrogens is 154 g/mol. The summed E-state index contributed by atoms with van der Waals surface area (Å²) in [6.07, 6.45) is 0. The molecule has 2 N–H and O–H groups in total. The Balaban J connectivity index is 2.76. The zero-order valence-electron chi connectivity index (χ0n) is 7.29. The zero-order chi connectivity index (χ0) is 8.43. The number of aryl methyl sites for hydroxylation is 1. The van der Waals surface area contributed by atoms with Crippen molar-refractivity contribution < 1.29 is 0 Å².